The maximum absolute atomic E-state index is 13.2. The van der Waals surface area contributed by atoms with Crippen LogP contribution in [-0.4, -0.2) is 52.2 Å². The number of nitrogens with zero attached hydrogens (tertiary/aromatic N) is 5. The van der Waals surface area contributed by atoms with E-state index in [1.165, 1.54) is 0 Å². The standard InChI is InChI=1S/C20H20ClN5O/c1-14-5-6-18(24-23-14)25-8-3-9-26(11-10-25)20(27)17-13-16(21)12-15-4-2-7-22-19(15)17/h2,4-7,12-13H,3,8-11H2,1H3. The highest BCUT2D eigenvalue weighted by Crippen LogP contribution is 2.24. The van der Waals surface area contributed by atoms with Crippen molar-refractivity contribution in [2.45, 2.75) is 13.3 Å². The van der Waals surface area contributed by atoms with Crippen LogP contribution in [0.4, 0.5) is 5.82 Å². The van der Waals surface area contributed by atoms with Gasteiger partial charge in [0.05, 0.1) is 16.8 Å². The van der Waals surface area contributed by atoms with E-state index in [0.717, 1.165) is 36.4 Å². The molecule has 1 aliphatic rings. The summed E-state index contributed by atoms with van der Waals surface area (Å²) >= 11 is 6.23. The first-order chi connectivity index (χ1) is 13.1. The van der Waals surface area contributed by atoms with Crippen LogP contribution in [0.5, 0.6) is 0 Å². The lowest BCUT2D eigenvalue weighted by Gasteiger charge is -2.23. The molecule has 1 aromatic carbocycles. The summed E-state index contributed by atoms with van der Waals surface area (Å²) in [5.74, 6) is 0.822. The lowest BCUT2D eigenvalue weighted by atomic mass is 10.1. The van der Waals surface area contributed by atoms with Crippen molar-refractivity contribution in [2.75, 3.05) is 31.1 Å². The SMILES string of the molecule is Cc1ccc(N2CCCN(C(=O)c3cc(Cl)cc4cccnc34)CC2)nn1. The highest BCUT2D eigenvalue weighted by molar-refractivity contribution is 6.32. The molecule has 4 rings (SSSR count). The second kappa shape index (κ2) is 7.48. The molecule has 0 spiro atoms. The van der Waals surface area contributed by atoms with Crippen LogP contribution in [0, 0.1) is 6.92 Å². The third-order valence-electron chi connectivity index (χ3n) is 4.79. The fourth-order valence-corrected chi connectivity index (χ4v) is 3.63. The Morgan fingerprint density at radius 3 is 2.78 bits per heavy atom. The van der Waals surface area contributed by atoms with Crippen molar-refractivity contribution in [1.82, 2.24) is 20.1 Å². The van der Waals surface area contributed by atoms with E-state index in [-0.39, 0.29) is 5.91 Å². The maximum atomic E-state index is 13.2. The molecule has 1 saturated heterocycles. The molecule has 2 aromatic heterocycles. The molecule has 7 heteroatoms. The summed E-state index contributed by atoms with van der Waals surface area (Å²) in [6.45, 7) is 4.79. The number of benzene rings is 1. The molecule has 0 atom stereocenters. The molecule has 27 heavy (non-hydrogen) atoms. The molecule has 0 N–H and O–H groups in total. The molecule has 1 fully saturated rings. The minimum Gasteiger partial charge on any atom is -0.353 e. The molecule has 3 heterocycles. The number of rotatable bonds is 2. The van der Waals surface area contributed by atoms with E-state index >= 15 is 0 Å². The minimum atomic E-state index is -0.0296. The van der Waals surface area contributed by atoms with Gasteiger partial charge in [-0.05, 0) is 43.7 Å². The highest BCUT2D eigenvalue weighted by Gasteiger charge is 2.23. The lowest BCUT2D eigenvalue weighted by molar-refractivity contribution is 0.0769. The number of anilines is 1. The Morgan fingerprint density at radius 1 is 1.07 bits per heavy atom. The van der Waals surface area contributed by atoms with E-state index in [2.05, 4.69) is 20.1 Å². The van der Waals surface area contributed by atoms with E-state index < -0.39 is 0 Å². The average molecular weight is 382 g/mol. The number of hydrogen-bond acceptors (Lipinski definition) is 5. The van der Waals surface area contributed by atoms with Crippen LogP contribution >= 0.6 is 11.6 Å². The topological polar surface area (TPSA) is 62.2 Å². The summed E-state index contributed by atoms with van der Waals surface area (Å²) in [7, 11) is 0. The zero-order valence-electron chi connectivity index (χ0n) is 15.1. The van der Waals surface area contributed by atoms with Crippen LogP contribution in [0.1, 0.15) is 22.5 Å². The molecule has 0 saturated carbocycles. The number of halogens is 1. The van der Waals surface area contributed by atoms with Crippen LogP contribution in [0.2, 0.25) is 5.02 Å². The smallest absolute Gasteiger partial charge is 0.256 e. The van der Waals surface area contributed by atoms with Gasteiger partial charge in [0.15, 0.2) is 5.82 Å². The molecule has 138 valence electrons. The monoisotopic (exact) mass is 381 g/mol. The number of aromatic nitrogens is 3. The van der Waals surface area contributed by atoms with Crippen molar-refractivity contribution in [3.8, 4) is 0 Å². The van der Waals surface area contributed by atoms with Gasteiger partial charge in [-0.2, -0.15) is 5.10 Å². The molecule has 1 amide bonds. The first-order valence-corrected chi connectivity index (χ1v) is 9.38. The van der Waals surface area contributed by atoms with Crippen molar-refractivity contribution < 1.29 is 4.79 Å². The Kier molecular flexibility index (Phi) is 4.90. The van der Waals surface area contributed by atoms with Gasteiger partial charge in [-0.1, -0.05) is 17.7 Å². The number of aryl methyl sites for hydroxylation is 1. The zero-order chi connectivity index (χ0) is 18.8. The molecular formula is C20H20ClN5O. The average Bonchev–Trinajstić information content (AvgIpc) is 2.93. The molecule has 0 radical (unpaired) electrons. The van der Waals surface area contributed by atoms with Crippen LogP contribution in [0.15, 0.2) is 42.6 Å². The van der Waals surface area contributed by atoms with Gasteiger partial charge in [-0.25, -0.2) is 0 Å². The summed E-state index contributed by atoms with van der Waals surface area (Å²) < 4.78 is 0. The molecule has 1 aliphatic heterocycles. The largest absolute Gasteiger partial charge is 0.353 e. The van der Waals surface area contributed by atoms with Gasteiger partial charge in [-0.3, -0.25) is 9.78 Å². The Morgan fingerprint density at radius 2 is 1.96 bits per heavy atom. The van der Waals surface area contributed by atoms with Crippen molar-refractivity contribution >= 4 is 34.2 Å². The van der Waals surface area contributed by atoms with E-state index in [4.69, 9.17) is 11.6 Å². The number of carbonyl (C=O) groups excluding carboxylic acids is 1. The van der Waals surface area contributed by atoms with Gasteiger partial charge < -0.3 is 9.80 Å². The third kappa shape index (κ3) is 3.71. The lowest BCUT2D eigenvalue weighted by Crippen LogP contribution is -2.35. The maximum Gasteiger partial charge on any atom is 0.256 e. The molecule has 3 aromatic rings. The predicted molar refractivity (Wildman–Crippen MR) is 106 cm³/mol. The number of amides is 1. The first-order valence-electron chi connectivity index (χ1n) is 9.00. The van der Waals surface area contributed by atoms with E-state index in [9.17, 15) is 4.79 Å². The van der Waals surface area contributed by atoms with Crippen LogP contribution in [-0.2, 0) is 0 Å². The van der Waals surface area contributed by atoms with Crippen LogP contribution < -0.4 is 4.90 Å². The van der Waals surface area contributed by atoms with E-state index in [1.807, 2.05) is 42.2 Å². The number of fused-ring (bicyclic) bond motifs is 1. The van der Waals surface area contributed by atoms with Gasteiger partial charge in [0.1, 0.15) is 0 Å². The summed E-state index contributed by atoms with van der Waals surface area (Å²) in [5.41, 5.74) is 2.14. The van der Waals surface area contributed by atoms with Gasteiger partial charge in [0, 0.05) is 42.8 Å². The summed E-state index contributed by atoms with van der Waals surface area (Å²) in [5, 5.41) is 9.83. The Bertz CT molecular complexity index is 976. The quantitative estimate of drug-likeness (QED) is 0.681. The van der Waals surface area contributed by atoms with Gasteiger partial charge in [0.2, 0.25) is 0 Å². The highest BCUT2D eigenvalue weighted by atomic mass is 35.5. The first kappa shape index (κ1) is 17.7. The molecule has 6 nitrogen and oxygen atoms in total. The van der Waals surface area contributed by atoms with Gasteiger partial charge >= 0.3 is 0 Å². The second-order valence-electron chi connectivity index (χ2n) is 6.69. The van der Waals surface area contributed by atoms with E-state index in [1.54, 1.807) is 12.3 Å². The summed E-state index contributed by atoms with van der Waals surface area (Å²) in [6.07, 6.45) is 2.57. The summed E-state index contributed by atoms with van der Waals surface area (Å²) in [6, 6.07) is 11.3. The second-order valence-corrected chi connectivity index (χ2v) is 7.13. The fraction of sp³-hybridized carbons (Fsp3) is 0.300. The molecular weight excluding hydrogens is 362 g/mol. The third-order valence-corrected chi connectivity index (χ3v) is 5.01. The summed E-state index contributed by atoms with van der Waals surface area (Å²) in [4.78, 5) is 21.6. The minimum absolute atomic E-state index is 0.0296. The van der Waals surface area contributed by atoms with Crippen molar-refractivity contribution in [3.63, 3.8) is 0 Å². The Balaban J connectivity index is 1.56. The van der Waals surface area contributed by atoms with Crippen molar-refractivity contribution in [3.05, 3.63) is 58.9 Å². The van der Waals surface area contributed by atoms with Gasteiger partial charge in [0.25, 0.3) is 5.91 Å². The predicted octanol–water partition coefficient (Wildman–Crippen LogP) is 3.34. The number of hydrogen-bond donors (Lipinski definition) is 0. The molecule has 0 bridgehead atoms. The van der Waals surface area contributed by atoms with Crippen LogP contribution in [0.3, 0.4) is 0 Å². The van der Waals surface area contributed by atoms with Crippen LogP contribution in [0.25, 0.3) is 10.9 Å². The van der Waals surface area contributed by atoms with E-state index in [0.29, 0.717) is 29.2 Å². The number of carbonyl (C=O) groups is 1. The molecule has 0 unspecified atom stereocenters. The number of pyridine rings is 1. The van der Waals surface area contributed by atoms with Crippen molar-refractivity contribution in [1.29, 1.82) is 0 Å². The fourth-order valence-electron chi connectivity index (χ4n) is 3.40. The normalized spacial score (nSPS) is 15.0. The van der Waals surface area contributed by atoms with Gasteiger partial charge in [-0.15, -0.1) is 5.10 Å². The zero-order valence-corrected chi connectivity index (χ0v) is 15.9. The Hall–Kier alpha value is -2.73. The van der Waals surface area contributed by atoms with Crippen molar-refractivity contribution in [2.24, 2.45) is 0 Å². The molecule has 0 aliphatic carbocycles. The Labute approximate surface area is 162 Å².